The van der Waals surface area contributed by atoms with E-state index in [1.807, 2.05) is 0 Å². The molecule has 0 spiro atoms. The first kappa shape index (κ1) is 18.6. The summed E-state index contributed by atoms with van der Waals surface area (Å²) in [6, 6.07) is 3.81. The van der Waals surface area contributed by atoms with E-state index in [-0.39, 0.29) is 19.7 Å². The molecule has 0 saturated carbocycles. The maximum Gasteiger partial charge on any atom is 0.416 e. The summed E-state index contributed by atoms with van der Waals surface area (Å²) in [5.74, 6) is 0.400. The molecule has 12 heteroatoms. The molecule has 0 aliphatic carbocycles. The van der Waals surface area contributed by atoms with Crippen LogP contribution in [0.5, 0.6) is 0 Å². The van der Waals surface area contributed by atoms with Crippen LogP contribution in [-0.2, 0) is 10.9 Å². The van der Waals surface area contributed by atoms with Crippen molar-refractivity contribution in [3.05, 3.63) is 62.1 Å². The van der Waals surface area contributed by atoms with Crippen molar-refractivity contribution in [3.8, 4) is 0 Å². The Bertz CT molecular complexity index is 833. The Hall–Kier alpha value is -3.15. The van der Waals surface area contributed by atoms with Gasteiger partial charge in [0.25, 0.3) is 11.4 Å². The monoisotopic (exact) mass is 387 g/mol. The summed E-state index contributed by atoms with van der Waals surface area (Å²) >= 11 is 0. The lowest BCUT2D eigenvalue weighted by molar-refractivity contribution is -0.393. The number of hydrogen-bond donors (Lipinski definition) is 0. The van der Waals surface area contributed by atoms with Gasteiger partial charge >= 0.3 is 6.18 Å². The number of ether oxygens (including phenoxy) is 1. The highest BCUT2D eigenvalue weighted by atomic mass is 19.4. The molecular formula is C15H12F3N3O6. The quantitative estimate of drug-likeness (QED) is 0.581. The fourth-order valence-electron chi connectivity index (χ4n) is 2.87. The number of rotatable bonds is 4. The number of anilines is 1. The van der Waals surface area contributed by atoms with Gasteiger partial charge in [-0.3, -0.25) is 20.2 Å². The van der Waals surface area contributed by atoms with Crippen molar-refractivity contribution in [2.75, 3.05) is 24.6 Å². The number of furan rings is 1. The Kier molecular flexibility index (Phi) is 4.74. The lowest BCUT2D eigenvalue weighted by Crippen LogP contribution is -2.39. The molecule has 3 rings (SSSR count). The van der Waals surface area contributed by atoms with Crippen LogP contribution < -0.4 is 4.90 Å². The van der Waals surface area contributed by atoms with E-state index in [0.29, 0.717) is 17.9 Å². The summed E-state index contributed by atoms with van der Waals surface area (Å²) in [6.45, 7) is 0.0332. The highest BCUT2D eigenvalue weighted by Gasteiger charge is 2.40. The first-order valence-corrected chi connectivity index (χ1v) is 7.62. The van der Waals surface area contributed by atoms with E-state index >= 15 is 0 Å². The molecule has 1 atom stereocenters. The predicted molar refractivity (Wildman–Crippen MR) is 84.4 cm³/mol. The van der Waals surface area contributed by atoms with Crippen LogP contribution in [0.3, 0.4) is 0 Å². The Labute approximate surface area is 149 Å². The number of nitro benzene ring substituents is 2. The average molecular weight is 387 g/mol. The van der Waals surface area contributed by atoms with E-state index in [1.165, 1.54) is 11.2 Å². The highest BCUT2D eigenvalue weighted by Crippen LogP contribution is 2.44. The largest absolute Gasteiger partial charge is 0.467 e. The van der Waals surface area contributed by atoms with Crippen molar-refractivity contribution in [2.45, 2.75) is 12.3 Å². The Morgan fingerprint density at radius 1 is 1.15 bits per heavy atom. The van der Waals surface area contributed by atoms with Crippen molar-refractivity contribution in [1.82, 2.24) is 0 Å². The van der Waals surface area contributed by atoms with Crippen molar-refractivity contribution in [2.24, 2.45) is 0 Å². The van der Waals surface area contributed by atoms with E-state index < -0.39 is 44.8 Å². The zero-order valence-electron chi connectivity index (χ0n) is 13.5. The molecule has 1 fully saturated rings. The number of hydrogen-bond acceptors (Lipinski definition) is 7. The third kappa shape index (κ3) is 3.69. The fourth-order valence-corrected chi connectivity index (χ4v) is 2.87. The number of benzene rings is 1. The van der Waals surface area contributed by atoms with E-state index in [2.05, 4.69) is 0 Å². The van der Waals surface area contributed by atoms with Crippen molar-refractivity contribution in [1.29, 1.82) is 0 Å². The summed E-state index contributed by atoms with van der Waals surface area (Å²) in [7, 11) is 0. The van der Waals surface area contributed by atoms with Gasteiger partial charge in [-0.2, -0.15) is 13.2 Å². The molecule has 0 amide bonds. The first-order chi connectivity index (χ1) is 12.7. The van der Waals surface area contributed by atoms with Gasteiger partial charge in [0.05, 0.1) is 34.8 Å². The second kappa shape index (κ2) is 6.87. The van der Waals surface area contributed by atoms with Crippen LogP contribution in [0.25, 0.3) is 0 Å². The first-order valence-electron chi connectivity index (χ1n) is 7.62. The van der Waals surface area contributed by atoms with E-state index in [9.17, 15) is 33.4 Å². The topological polar surface area (TPSA) is 112 Å². The second-order valence-corrected chi connectivity index (χ2v) is 5.70. The van der Waals surface area contributed by atoms with E-state index in [4.69, 9.17) is 9.15 Å². The molecule has 0 radical (unpaired) electrons. The van der Waals surface area contributed by atoms with Gasteiger partial charge in [0.2, 0.25) is 0 Å². The van der Waals surface area contributed by atoms with Gasteiger partial charge in [0.1, 0.15) is 11.9 Å². The zero-order chi connectivity index (χ0) is 19.8. The standard InChI is InChI=1S/C15H12F3N3O6/c16-15(17,18)9-6-10(20(22)23)14(11(7-9)21(24)25)19-3-5-27-13(8-19)12-2-1-4-26-12/h1-2,4,6-7,13H,3,5,8H2. The third-order valence-electron chi connectivity index (χ3n) is 4.03. The molecule has 144 valence electrons. The predicted octanol–water partition coefficient (Wildman–Crippen LogP) is 3.69. The number of halogens is 3. The van der Waals surface area contributed by atoms with Gasteiger partial charge < -0.3 is 14.1 Å². The lowest BCUT2D eigenvalue weighted by atomic mass is 10.1. The molecule has 1 aliphatic rings. The Morgan fingerprint density at radius 3 is 2.26 bits per heavy atom. The Morgan fingerprint density at radius 2 is 1.78 bits per heavy atom. The number of nitrogens with zero attached hydrogens (tertiary/aromatic N) is 3. The SMILES string of the molecule is O=[N+]([O-])c1cc(C(F)(F)F)cc([N+](=O)[O-])c1N1CCOC(c2ccco2)C1. The van der Waals surface area contributed by atoms with Crippen LogP contribution in [0.15, 0.2) is 34.9 Å². The molecule has 9 nitrogen and oxygen atoms in total. The van der Waals surface area contributed by atoms with E-state index in [0.717, 1.165) is 0 Å². The van der Waals surface area contributed by atoms with Gasteiger partial charge in [-0.1, -0.05) is 0 Å². The normalized spacial score (nSPS) is 17.7. The summed E-state index contributed by atoms with van der Waals surface area (Å²) in [6.07, 6.45) is -4.24. The minimum absolute atomic E-state index is 0.0320. The molecule has 0 N–H and O–H groups in total. The second-order valence-electron chi connectivity index (χ2n) is 5.70. The van der Waals surface area contributed by atoms with Crippen molar-refractivity contribution < 1.29 is 32.2 Å². The summed E-state index contributed by atoms with van der Waals surface area (Å²) < 4.78 is 49.7. The van der Waals surface area contributed by atoms with Gasteiger partial charge in [0.15, 0.2) is 5.69 Å². The maximum atomic E-state index is 13.0. The molecule has 0 bridgehead atoms. The van der Waals surface area contributed by atoms with Crippen LogP contribution in [0, 0.1) is 20.2 Å². The minimum Gasteiger partial charge on any atom is -0.467 e. The average Bonchev–Trinajstić information content (AvgIpc) is 3.14. The molecular weight excluding hydrogens is 375 g/mol. The van der Waals surface area contributed by atoms with Gasteiger partial charge in [-0.25, -0.2) is 0 Å². The van der Waals surface area contributed by atoms with Crippen LogP contribution in [0.1, 0.15) is 17.4 Å². The minimum atomic E-state index is -4.96. The molecule has 1 saturated heterocycles. The lowest BCUT2D eigenvalue weighted by Gasteiger charge is -2.33. The number of morpholine rings is 1. The molecule has 1 aliphatic heterocycles. The molecule has 2 heterocycles. The van der Waals surface area contributed by atoms with Gasteiger partial charge in [-0.15, -0.1) is 0 Å². The van der Waals surface area contributed by atoms with Crippen LogP contribution in [-0.4, -0.2) is 29.5 Å². The van der Waals surface area contributed by atoms with Gasteiger partial charge in [0, 0.05) is 18.7 Å². The third-order valence-corrected chi connectivity index (χ3v) is 4.03. The zero-order valence-corrected chi connectivity index (χ0v) is 13.5. The van der Waals surface area contributed by atoms with Crippen LogP contribution in [0.2, 0.25) is 0 Å². The molecule has 1 aromatic heterocycles. The molecule has 1 aromatic carbocycles. The summed E-state index contributed by atoms with van der Waals surface area (Å²) in [4.78, 5) is 21.9. The van der Waals surface area contributed by atoms with Gasteiger partial charge in [-0.05, 0) is 12.1 Å². The fraction of sp³-hybridized carbons (Fsp3) is 0.333. The maximum absolute atomic E-state index is 13.0. The summed E-state index contributed by atoms with van der Waals surface area (Å²) in [5, 5.41) is 22.7. The Balaban J connectivity index is 2.10. The van der Waals surface area contributed by atoms with Crippen molar-refractivity contribution >= 4 is 17.1 Å². The van der Waals surface area contributed by atoms with Crippen LogP contribution >= 0.6 is 0 Å². The number of alkyl halides is 3. The number of nitro groups is 2. The highest BCUT2D eigenvalue weighted by molar-refractivity contribution is 5.76. The smallest absolute Gasteiger partial charge is 0.416 e. The van der Waals surface area contributed by atoms with Crippen molar-refractivity contribution in [3.63, 3.8) is 0 Å². The molecule has 1 unspecified atom stereocenters. The van der Waals surface area contributed by atoms with Crippen LogP contribution in [0.4, 0.5) is 30.2 Å². The molecule has 2 aromatic rings. The van der Waals surface area contributed by atoms with E-state index in [1.54, 1.807) is 12.1 Å². The summed E-state index contributed by atoms with van der Waals surface area (Å²) in [5.41, 5.74) is -3.92. The molecule has 27 heavy (non-hydrogen) atoms.